The maximum atomic E-state index is 5.18. The summed E-state index contributed by atoms with van der Waals surface area (Å²) in [4.78, 5) is 0. The Morgan fingerprint density at radius 2 is 2.29 bits per heavy atom. The van der Waals surface area contributed by atoms with Gasteiger partial charge in [-0.05, 0) is 6.92 Å². The van der Waals surface area contributed by atoms with E-state index in [1.165, 1.54) is 0 Å². The van der Waals surface area contributed by atoms with Crippen molar-refractivity contribution in [1.29, 1.82) is 0 Å². The van der Waals surface area contributed by atoms with E-state index in [-0.39, 0.29) is 0 Å². The predicted octanol–water partition coefficient (Wildman–Crippen LogP) is 1.28. The van der Waals surface area contributed by atoms with Crippen molar-refractivity contribution in [2.75, 3.05) is 20.3 Å². The molecule has 0 aliphatic rings. The van der Waals surface area contributed by atoms with Crippen LogP contribution in [0.3, 0.4) is 0 Å². The van der Waals surface area contributed by atoms with Gasteiger partial charge in [-0.1, -0.05) is 12.1 Å². The van der Waals surface area contributed by atoms with Gasteiger partial charge in [0.2, 0.25) is 0 Å². The molecule has 0 aliphatic carbocycles. The van der Waals surface area contributed by atoms with Crippen molar-refractivity contribution in [1.82, 2.24) is 10.5 Å². The van der Waals surface area contributed by atoms with Crippen molar-refractivity contribution < 1.29 is 9.26 Å². The van der Waals surface area contributed by atoms with Gasteiger partial charge in [-0.3, -0.25) is 0 Å². The molecule has 0 atom stereocenters. The third kappa shape index (κ3) is 2.82. The third-order valence-corrected chi connectivity index (χ3v) is 2.21. The van der Waals surface area contributed by atoms with Gasteiger partial charge in [0.05, 0.1) is 6.61 Å². The molecule has 0 radical (unpaired) electrons. The van der Waals surface area contributed by atoms with Crippen LogP contribution >= 0.6 is 0 Å². The molecule has 1 aromatic rings. The second-order valence-corrected chi connectivity index (χ2v) is 3.20. The van der Waals surface area contributed by atoms with E-state index < -0.39 is 0 Å². The molecule has 0 bridgehead atoms. The number of hydrogen-bond acceptors (Lipinski definition) is 4. The van der Waals surface area contributed by atoms with Crippen LogP contribution in [0.4, 0.5) is 0 Å². The molecule has 1 N–H and O–H groups in total. The first-order valence-electron chi connectivity index (χ1n) is 4.93. The summed E-state index contributed by atoms with van der Waals surface area (Å²) in [5.41, 5.74) is 2.16. The molecule has 4 nitrogen and oxygen atoms in total. The van der Waals surface area contributed by atoms with Crippen LogP contribution in [0.5, 0.6) is 0 Å². The minimum absolute atomic E-state index is 0.720. The number of aryl methyl sites for hydroxylation is 1. The first-order chi connectivity index (χ1) is 6.79. The minimum atomic E-state index is 0.720. The zero-order valence-corrected chi connectivity index (χ0v) is 9.09. The SMILES string of the molecule is CCc1onc(CNCCOC)c1C. The zero-order valence-electron chi connectivity index (χ0n) is 9.09. The quantitative estimate of drug-likeness (QED) is 0.699. The van der Waals surface area contributed by atoms with Crippen LogP contribution in [-0.2, 0) is 17.7 Å². The second kappa shape index (κ2) is 5.78. The molecular formula is C10H18N2O2. The van der Waals surface area contributed by atoms with Gasteiger partial charge < -0.3 is 14.6 Å². The van der Waals surface area contributed by atoms with Crippen LogP contribution in [0.15, 0.2) is 4.52 Å². The highest BCUT2D eigenvalue weighted by atomic mass is 16.5. The minimum Gasteiger partial charge on any atom is -0.383 e. The molecule has 1 aromatic heterocycles. The van der Waals surface area contributed by atoms with Crippen LogP contribution in [0.25, 0.3) is 0 Å². The van der Waals surface area contributed by atoms with E-state index >= 15 is 0 Å². The van der Waals surface area contributed by atoms with Crippen LogP contribution < -0.4 is 5.32 Å². The van der Waals surface area contributed by atoms with Gasteiger partial charge in [-0.15, -0.1) is 0 Å². The first-order valence-corrected chi connectivity index (χ1v) is 4.93. The van der Waals surface area contributed by atoms with Gasteiger partial charge in [0.1, 0.15) is 11.5 Å². The normalized spacial score (nSPS) is 10.8. The Balaban J connectivity index is 2.39. The summed E-state index contributed by atoms with van der Waals surface area (Å²) < 4.78 is 10.1. The number of hydrogen-bond donors (Lipinski definition) is 1. The fourth-order valence-corrected chi connectivity index (χ4v) is 1.28. The van der Waals surface area contributed by atoms with Gasteiger partial charge in [0.15, 0.2) is 0 Å². The van der Waals surface area contributed by atoms with Crippen molar-refractivity contribution >= 4 is 0 Å². The molecule has 0 saturated heterocycles. The Labute approximate surface area is 84.6 Å². The highest BCUT2D eigenvalue weighted by Crippen LogP contribution is 2.12. The molecule has 0 spiro atoms. The highest BCUT2D eigenvalue weighted by Gasteiger charge is 2.08. The Hall–Kier alpha value is -0.870. The number of ether oxygens (including phenoxy) is 1. The van der Waals surface area contributed by atoms with E-state index in [0.29, 0.717) is 0 Å². The van der Waals surface area contributed by atoms with E-state index in [0.717, 1.165) is 43.1 Å². The van der Waals surface area contributed by atoms with E-state index in [4.69, 9.17) is 9.26 Å². The monoisotopic (exact) mass is 198 g/mol. The zero-order chi connectivity index (χ0) is 10.4. The smallest absolute Gasteiger partial charge is 0.139 e. The molecule has 0 fully saturated rings. The van der Waals surface area contributed by atoms with Gasteiger partial charge in [0.25, 0.3) is 0 Å². The molecule has 0 unspecified atom stereocenters. The largest absolute Gasteiger partial charge is 0.383 e. The summed E-state index contributed by atoms with van der Waals surface area (Å²) in [6, 6.07) is 0. The van der Waals surface area contributed by atoms with Gasteiger partial charge in [-0.25, -0.2) is 0 Å². The fourth-order valence-electron chi connectivity index (χ4n) is 1.28. The van der Waals surface area contributed by atoms with Gasteiger partial charge in [-0.2, -0.15) is 0 Å². The number of nitrogens with zero attached hydrogens (tertiary/aromatic N) is 1. The van der Waals surface area contributed by atoms with Crippen LogP contribution in [-0.4, -0.2) is 25.4 Å². The number of rotatable bonds is 6. The molecular weight excluding hydrogens is 180 g/mol. The summed E-state index contributed by atoms with van der Waals surface area (Å²) in [7, 11) is 1.69. The standard InChI is InChI=1S/C10H18N2O2/c1-4-10-8(2)9(12-14-10)7-11-5-6-13-3/h11H,4-7H2,1-3H3. The van der Waals surface area contributed by atoms with E-state index in [9.17, 15) is 0 Å². The summed E-state index contributed by atoms with van der Waals surface area (Å²) in [6.45, 7) is 6.42. The Morgan fingerprint density at radius 1 is 1.50 bits per heavy atom. The molecule has 4 heteroatoms. The van der Waals surface area contributed by atoms with Crippen LogP contribution in [0.2, 0.25) is 0 Å². The molecule has 0 amide bonds. The topological polar surface area (TPSA) is 47.3 Å². The van der Waals surface area contributed by atoms with Gasteiger partial charge >= 0.3 is 0 Å². The van der Waals surface area contributed by atoms with Crippen LogP contribution in [0, 0.1) is 6.92 Å². The number of aromatic nitrogens is 1. The molecule has 80 valence electrons. The molecule has 14 heavy (non-hydrogen) atoms. The average molecular weight is 198 g/mol. The summed E-state index contributed by atoms with van der Waals surface area (Å²) in [6.07, 6.45) is 0.900. The second-order valence-electron chi connectivity index (χ2n) is 3.20. The Morgan fingerprint density at radius 3 is 2.86 bits per heavy atom. The lowest BCUT2D eigenvalue weighted by atomic mass is 10.2. The van der Waals surface area contributed by atoms with E-state index in [1.54, 1.807) is 7.11 Å². The number of methoxy groups -OCH3 is 1. The van der Waals surface area contributed by atoms with E-state index in [1.807, 2.05) is 6.92 Å². The summed E-state index contributed by atoms with van der Waals surface area (Å²) in [5, 5.41) is 7.24. The first kappa shape index (κ1) is 11.2. The summed E-state index contributed by atoms with van der Waals surface area (Å²) in [5.74, 6) is 0.980. The Kier molecular flexibility index (Phi) is 4.62. The third-order valence-electron chi connectivity index (χ3n) is 2.21. The fraction of sp³-hybridized carbons (Fsp3) is 0.700. The lowest BCUT2D eigenvalue weighted by Crippen LogP contribution is -2.19. The molecule has 1 rings (SSSR count). The molecule has 0 aromatic carbocycles. The van der Waals surface area contributed by atoms with Crippen molar-refractivity contribution in [3.8, 4) is 0 Å². The molecule has 1 heterocycles. The Bertz CT molecular complexity index is 271. The number of nitrogens with one attached hydrogen (secondary N) is 1. The lowest BCUT2D eigenvalue weighted by Gasteiger charge is -2.01. The van der Waals surface area contributed by atoms with Gasteiger partial charge in [0, 0.05) is 32.2 Å². The molecule has 0 saturated carbocycles. The lowest BCUT2D eigenvalue weighted by molar-refractivity contribution is 0.199. The van der Waals surface area contributed by atoms with Crippen LogP contribution in [0.1, 0.15) is 23.9 Å². The maximum Gasteiger partial charge on any atom is 0.139 e. The predicted molar refractivity (Wildman–Crippen MR) is 54.2 cm³/mol. The van der Waals surface area contributed by atoms with E-state index in [2.05, 4.69) is 17.4 Å². The summed E-state index contributed by atoms with van der Waals surface area (Å²) >= 11 is 0. The highest BCUT2D eigenvalue weighted by molar-refractivity contribution is 5.20. The molecule has 0 aliphatic heterocycles. The van der Waals surface area contributed by atoms with Crippen molar-refractivity contribution in [3.05, 3.63) is 17.0 Å². The van der Waals surface area contributed by atoms with Crippen molar-refractivity contribution in [2.45, 2.75) is 26.8 Å². The average Bonchev–Trinajstić information content (AvgIpc) is 2.55. The maximum absolute atomic E-state index is 5.18. The van der Waals surface area contributed by atoms with Crippen molar-refractivity contribution in [3.63, 3.8) is 0 Å². The van der Waals surface area contributed by atoms with Crippen molar-refractivity contribution in [2.24, 2.45) is 0 Å².